The lowest BCUT2D eigenvalue weighted by Crippen LogP contribution is -2.10. The van der Waals surface area contributed by atoms with Crippen molar-refractivity contribution in [1.29, 1.82) is 0 Å². The third-order valence-corrected chi connectivity index (χ3v) is 4.87. The number of H-pyrrole nitrogens is 1. The first-order chi connectivity index (χ1) is 13.8. The number of hydrogen-bond acceptors (Lipinski definition) is 5. The van der Waals surface area contributed by atoms with Crippen molar-refractivity contribution in [3.63, 3.8) is 0 Å². The zero-order valence-corrected chi connectivity index (χ0v) is 16.5. The molecule has 0 saturated heterocycles. The summed E-state index contributed by atoms with van der Waals surface area (Å²) in [4.78, 5) is 19.2. The first-order valence-corrected chi connectivity index (χ1v) is 10.6. The Morgan fingerprint density at radius 3 is 2.66 bits per heavy atom. The third kappa shape index (κ3) is 3.85. The second-order valence-corrected chi connectivity index (χ2v) is 8.33. The van der Waals surface area contributed by atoms with Gasteiger partial charge in [-0.25, -0.2) is 13.4 Å². The Kier molecular flexibility index (Phi) is 4.59. The van der Waals surface area contributed by atoms with Gasteiger partial charge in [0, 0.05) is 12.4 Å². The van der Waals surface area contributed by atoms with Crippen LogP contribution in [0.1, 0.15) is 5.56 Å². The van der Waals surface area contributed by atoms with E-state index in [1.54, 1.807) is 35.0 Å². The van der Waals surface area contributed by atoms with Crippen LogP contribution in [-0.2, 0) is 10.0 Å². The molecule has 0 radical (unpaired) electrons. The fourth-order valence-electron chi connectivity index (χ4n) is 3.15. The summed E-state index contributed by atoms with van der Waals surface area (Å²) in [5, 5.41) is 0. The maximum atomic E-state index is 12.3. The monoisotopic (exact) mass is 410 g/mol. The van der Waals surface area contributed by atoms with E-state index in [1.807, 2.05) is 31.2 Å². The number of pyridine rings is 1. The number of anilines is 1. The summed E-state index contributed by atoms with van der Waals surface area (Å²) in [6.07, 6.45) is 5.72. The van der Waals surface area contributed by atoms with Gasteiger partial charge in [0.2, 0.25) is 15.9 Å². The summed E-state index contributed by atoms with van der Waals surface area (Å²) in [6.45, 7) is 1.83. The molecule has 0 fully saturated rings. The number of ether oxygens (including phenoxy) is 1. The second kappa shape index (κ2) is 7.10. The lowest BCUT2D eigenvalue weighted by Gasteiger charge is -2.13. The van der Waals surface area contributed by atoms with Gasteiger partial charge in [-0.05, 0) is 36.8 Å². The van der Waals surface area contributed by atoms with Gasteiger partial charge in [0.15, 0.2) is 0 Å². The van der Waals surface area contributed by atoms with E-state index in [-0.39, 0.29) is 11.4 Å². The molecule has 3 heterocycles. The first kappa shape index (κ1) is 18.8. The van der Waals surface area contributed by atoms with Crippen molar-refractivity contribution in [1.82, 2.24) is 14.4 Å². The van der Waals surface area contributed by atoms with Gasteiger partial charge in [0.05, 0.1) is 29.4 Å². The Hall–Kier alpha value is -3.59. The molecule has 0 atom stereocenters. The summed E-state index contributed by atoms with van der Waals surface area (Å²) in [7, 11) is -3.48. The highest BCUT2D eigenvalue weighted by molar-refractivity contribution is 7.92. The number of aryl methyl sites for hydroxylation is 1. The van der Waals surface area contributed by atoms with Gasteiger partial charge < -0.3 is 14.1 Å². The molecule has 0 spiro atoms. The van der Waals surface area contributed by atoms with Crippen LogP contribution < -0.4 is 15.0 Å². The Morgan fingerprint density at radius 1 is 1.17 bits per heavy atom. The van der Waals surface area contributed by atoms with E-state index in [9.17, 15) is 13.2 Å². The number of nitrogens with zero attached hydrogens (tertiary/aromatic N) is 2. The van der Waals surface area contributed by atoms with Crippen LogP contribution in [0.2, 0.25) is 0 Å². The standard InChI is InChI=1S/C20H18N4O4S/c1-13-10-17(24-9-8-21-19(25)18(13)24)16-11-14(23-29(2,26)27)12-22-20(16)28-15-6-4-3-5-7-15/h3-12,23H,1-2H3,(H,21,25). The average Bonchev–Trinajstić information content (AvgIpc) is 3.00. The number of para-hydroxylation sites is 1. The van der Waals surface area contributed by atoms with E-state index in [2.05, 4.69) is 14.7 Å². The summed E-state index contributed by atoms with van der Waals surface area (Å²) in [5.41, 5.74) is 2.53. The van der Waals surface area contributed by atoms with Crippen LogP contribution in [0, 0.1) is 6.92 Å². The number of sulfonamides is 1. The molecule has 9 heteroatoms. The SMILES string of the molecule is Cc1cc(-c2cc(NS(C)(=O)=O)cnc2Oc2ccccc2)n2cc[nH]c(=O)c12. The van der Waals surface area contributed by atoms with Gasteiger partial charge in [-0.3, -0.25) is 9.52 Å². The minimum atomic E-state index is -3.48. The lowest BCUT2D eigenvalue weighted by atomic mass is 10.1. The second-order valence-electron chi connectivity index (χ2n) is 6.59. The van der Waals surface area contributed by atoms with Crippen LogP contribution in [0.4, 0.5) is 5.69 Å². The molecule has 8 nitrogen and oxygen atoms in total. The van der Waals surface area contributed by atoms with Gasteiger partial charge in [-0.2, -0.15) is 0 Å². The van der Waals surface area contributed by atoms with Crippen molar-refractivity contribution in [2.45, 2.75) is 6.92 Å². The van der Waals surface area contributed by atoms with Crippen LogP contribution in [0.5, 0.6) is 11.6 Å². The molecule has 0 bridgehead atoms. The molecule has 4 aromatic rings. The van der Waals surface area contributed by atoms with Crippen molar-refractivity contribution >= 4 is 21.2 Å². The predicted molar refractivity (Wildman–Crippen MR) is 111 cm³/mol. The molecule has 0 unspecified atom stereocenters. The van der Waals surface area contributed by atoms with Gasteiger partial charge >= 0.3 is 0 Å². The van der Waals surface area contributed by atoms with Crippen LogP contribution in [-0.4, -0.2) is 29.0 Å². The number of benzene rings is 1. The Labute approximate surface area is 166 Å². The zero-order chi connectivity index (χ0) is 20.6. The molecule has 0 aliphatic rings. The minimum Gasteiger partial charge on any atom is -0.438 e. The van der Waals surface area contributed by atoms with Gasteiger partial charge in [-0.1, -0.05) is 18.2 Å². The summed E-state index contributed by atoms with van der Waals surface area (Å²) in [6, 6.07) is 12.6. The summed E-state index contributed by atoms with van der Waals surface area (Å²) < 4.78 is 33.4. The molecular weight excluding hydrogens is 392 g/mol. The molecule has 0 amide bonds. The van der Waals surface area contributed by atoms with Crippen LogP contribution >= 0.6 is 0 Å². The Balaban J connectivity index is 1.93. The highest BCUT2D eigenvalue weighted by atomic mass is 32.2. The highest BCUT2D eigenvalue weighted by Crippen LogP contribution is 2.35. The van der Waals surface area contributed by atoms with Crippen LogP contribution in [0.3, 0.4) is 0 Å². The first-order valence-electron chi connectivity index (χ1n) is 8.72. The number of fused-ring (bicyclic) bond motifs is 1. The fraction of sp³-hybridized carbons (Fsp3) is 0.100. The predicted octanol–water partition coefficient (Wildman–Crippen LogP) is 3.16. The summed E-state index contributed by atoms with van der Waals surface area (Å²) >= 11 is 0. The largest absolute Gasteiger partial charge is 0.438 e. The summed E-state index contributed by atoms with van der Waals surface area (Å²) in [5.74, 6) is 0.871. The van der Waals surface area contributed by atoms with Crippen LogP contribution in [0.25, 0.3) is 16.8 Å². The maximum absolute atomic E-state index is 12.3. The number of rotatable bonds is 5. The highest BCUT2D eigenvalue weighted by Gasteiger charge is 2.18. The van der Waals surface area contributed by atoms with E-state index in [0.29, 0.717) is 28.2 Å². The molecule has 148 valence electrons. The smallest absolute Gasteiger partial charge is 0.272 e. The van der Waals surface area contributed by atoms with E-state index in [0.717, 1.165) is 11.8 Å². The topological polar surface area (TPSA) is 106 Å². The third-order valence-electron chi connectivity index (χ3n) is 4.27. The average molecular weight is 410 g/mol. The van der Waals surface area contributed by atoms with E-state index < -0.39 is 10.0 Å². The molecule has 0 saturated carbocycles. The minimum absolute atomic E-state index is 0.222. The zero-order valence-electron chi connectivity index (χ0n) is 15.7. The Morgan fingerprint density at radius 2 is 1.93 bits per heavy atom. The molecule has 3 aromatic heterocycles. The lowest BCUT2D eigenvalue weighted by molar-refractivity contribution is 0.465. The van der Waals surface area contributed by atoms with Crippen molar-refractivity contribution < 1.29 is 13.2 Å². The molecule has 29 heavy (non-hydrogen) atoms. The van der Waals surface area contributed by atoms with Crippen molar-refractivity contribution in [2.24, 2.45) is 0 Å². The maximum Gasteiger partial charge on any atom is 0.272 e. The van der Waals surface area contributed by atoms with Crippen LogP contribution in [0.15, 0.2) is 65.8 Å². The van der Waals surface area contributed by atoms with Crippen molar-refractivity contribution in [2.75, 3.05) is 11.0 Å². The van der Waals surface area contributed by atoms with Crippen molar-refractivity contribution in [3.8, 4) is 22.9 Å². The number of hydrogen-bond donors (Lipinski definition) is 2. The molecule has 1 aromatic carbocycles. The number of aromatic nitrogens is 3. The normalized spacial score (nSPS) is 11.5. The number of nitrogens with one attached hydrogen (secondary N) is 2. The molecular formula is C20H18N4O4S. The Bertz CT molecular complexity index is 1360. The quantitative estimate of drug-likeness (QED) is 0.526. The van der Waals surface area contributed by atoms with E-state index >= 15 is 0 Å². The van der Waals surface area contributed by atoms with E-state index in [4.69, 9.17) is 4.74 Å². The molecule has 4 rings (SSSR count). The van der Waals surface area contributed by atoms with Crippen molar-refractivity contribution in [3.05, 3.63) is 77.0 Å². The van der Waals surface area contributed by atoms with Gasteiger partial charge in [-0.15, -0.1) is 0 Å². The number of aromatic amines is 1. The van der Waals surface area contributed by atoms with E-state index in [1.165, 1.54) is 6.20 Å². The molecule has 0 aliphatic carbocycles. The van der Waals surface area contributed by atoms with Gasteiger partial charge in [0.1, 0.15) is 11.3 Å². The van der Waals surface area contributed by atoms with Gasteiger partial charge in [0.25, 0.3) is 5.56 Å². The molecule has 0 aliphatic heterocycles. The molecule has 2 N–H and O–H groups in total. The fourth-order valence-corrected chi connectivity index (χ4v) is 3.69.